The van der Waals surface area contributed by atoms with Crippen LogP contribution in [0.25, 0.3) is 0 Å². The fraction of sp³-hybridized carbons (Fsp3) is 0.357. The molecular weight excluding hydrogens is 318 g/mol. The van der Waals surface area contributed by atoms with E-state index in [1.165, 1.54) is 29.6 Å². The highest BCUT2D eigenvalue weighted by molar-refractivity contribution is 7.99. The van der Waals surface area contributed by atoms with E-state index in [1.807, 2.05) is 26.0 Å². The van der Waals surface area contributed by atoms with Crippen molar-refractivity contribution in [2.75, 3.05) is 0 Å². The van der Waals surface area contributed by atoms with Crippen molar-refractivity contribution in [1.29, 1.82) is 0 Å². The van der Waals surface area contributed by atoms with Gasteiger partial charge in [-0.15, -0.1) is 0 Å². The van der Waals surface area contributed by atoms with Crippen LogP contribution in [0, 0.1) is 0 Å². The maximum atomic E-state index is 13.7. The van der Waals surface area contributed by atoms with Crippen molar-refractivity contribution in [3.05, 3.63) is 40.3 Å². The smallest absolute Gasteiger partial charge is 0.174 e. The SMILES string of the molecule is CC(C)c1ncn(C(C)F)c1Sc1cc(Cl)cc(Cl)c1. The number of benzene rings is 1. The molecule has 2 nitrogen and oxygen atoms in total. The maximum absolute atomic E-state index is 13.7. The van der Waals surface area contributed by atoms with Crippen molar-refractivity contribution in [3.63, 3.8) is 0 Å². The minimum atomic E-state index is -1.13. The van der Waals surface area contributed by atoms with E-state index in [1.54, 1.807) is 6.07 Å². The van der Waals surface area contributed by atoms with Gasteiger partial charge in [0.2, 0.25) is 0 Å². The van der Waals surface area contributed by atoms with Crippen LogP contribution in [0.1, 0.15) is 38.7 Å². The third-order valence-electron chi connectivity index (χ3n) is 2.76. The van der Waals surface area contributed by atoms with Crippen LogP contribution >= 0.6 is 35.0 Å². The summed E-state index contributed by atoms with van der Waals surface area (Å²) in [7, 11) is 0. The van der Waals surface area contributed by atoms with Crippen LogP contribution in [0.2, 0.25) is 10.0 Å². The monoisotopic (exact) mass is 332 g/mol. The van der Waals surface area contributed by atoms with Gasteiger partial charge >= 0.3 is 0 Å². The molecule has 0 spiro atoms. The first-order valence-corrected chi connectivity index (χ1v) is 7.80. The van der Waals surface area contributed by atoms with Crippen LogP contribution in [0.4, 0.5) is 4.39 Å². The quantitative estimate of drug-likeness (QED) is 0.688. The zero-order chi connectivity index (χ0) is 14.9. The van der Waals surface area contributed by atoms with Crippen molar-refractivity contribution in [1.82, 2.24) is 9.55 Å². The summed E-state index contributed by atoms with van der Waals surface area (Å²) >= 11 is 13.4. The van der Waals surface area contributed by atoms with Gasteiger partial charge in [0.15, 0.2) is 6.30 Å². The lowest BCUT2D eigenvalue weighted by molar-refractivity contribution is 0.253. The van der Waals surface area contributed by atoms with E-state index >= 15 is 0 Å². The van der Waals surface area contributed by atoms with Crippen molar-refractivity contribution in [3.8, 4) is 0 Å². The Balaban J connectivity index is 2.43. The molecule has 0 N–H and O–H groups in total. The highest BCUT2D eigenvalue weighted by Gasteiger charge is 2.18. The molecule has 0 fully saturated rings. The van der Waals surface area contributed by atoms with Gasteiger partial charge < -0.3 is 0 Å². The topological polar surface area (TPSA) is 17.8 Å². The van der Waals surface area contributed by atoms with Gasteiger partial charge in [0.05, 0.1) is 12.0 Å². The van der Waals surface area contributed by atoms with Crippen LogP contribution < -0.4 is 0 Å². The average molecular weight is 333 g/mol. The lowest BCUT2D eigenvalue weighted by Gasteiger charge is -2.12. The molecule has 1 unspecified atom stereocenters. The Morgan fingerprint density at radius 2 is 1.75 bits per heavy atom. The zero-order valence-corrected chi connectivity index (χ0v) is 13.7. The number of hydrogen-bond donors (Lipinski definition) is 0. The predicted molar refractivity (Wildman–Crippen MR) is 82.7 cm³/mol. The lowest BCUT2D eigenvalue weighted by Crippen LogP contribution is -2.01. The molecule has 0 bridgehead atoms. The summed E-state index contributed by atoms with van der Waals surface area (Å²) in [5.74, 6) is 0.215. The number of nitrogens with zero attached hydrogens (tertiary/aromatic N) is 2. The van der Waals surface area contributed by atoms with Crippen molar-refractivity contribution in [2.24, 2.45) is 0 Å². The number of rotatable bonds is 4. The molecule has 20 heavy (non-hydrogen) atoms. The number of halogens is 3. The number of aromatic nitrogens is 2. The van der Waals surface area contributed by atoms with Gasteiger partial charge in [-0.3, -0.25) is 4.57 Å². The molecule has 0 saturated heterocycles. The molecular formula is C14H15Cl2FN2S. The van der Waals surface area contributed by atoms with E-state index in [0.29, 0.717) is 10.0 Å². The van der Waals surface area contributed by atoms with Gasteiger partial charge in [-0.2, -0.15) is 0 Å². The molecule has 0 aliphatic rings. The van der Waals surface area contributed by atoms with Crippen molar-refractivity contribution >= 4 is 35.0 Å². The number of imidazole rings is 1. The zero-order valence-electron chi connectivity index (χ0n) is 11.4. The fourth-order valence-corrected chi connectivity index (χ4v) is 3.76. The van der Waals surface area contributed by atoms with Gasteiger partial charge in [-0.25, -0.2) is 9.37 Å². The molecule has 0 amide bonds. The Bertz CT molecular complexity index is 565. The summed E-state index contributed by atoms with van der Waals surface area (Å²) in [4.78, 5) is 5.18. The summed E-state index contributed by atoms with van der Waals surface area (Å²) in [5.41, 5.74) is 0.871. The van der Waals surface area contributed by atoms with Gasteiger partial charge in [0.25, 0.3) is 0 Å². The Hall–Kier alpha value is -0.710. The summed E-state index contributed by atoms with van der Waals surface area (Å²) < 4.78 is 15.2. The molecule has 1 atom stereocenters. The Morgan fingerprint density at radius 3 is 2.25 bits per heavy atom. The van der Waals surface area contributed by atoms with E-state index in [0.717, 1.165) is 15.6 Å². The molecule has 2 aromatic rings. The molecule has 108 valence electrons. The minimum Gasteiger partial charge on any atom is -0.294 e. The summed E-state index contributed by atoms with van der Waals surface area (Å²) in [6.07, 6.45) is 0.404. The normalized spacial score (nSPS) is 12.9. The third kappa shape index (κ3) is 3.48. The van der Waals surface area contributed by atoms with Crippen molar-refractivity contribution < 1.29 is 4.39 Å². The van der Waals surface area contributed by atoms with E-state index in [-0.39, 0.29) is 5.92 Å². The van der Waals surface area contributed by atoms with Gasteiger partial charge in [-0.1, -0.05) is 48.8 Å². The number of hydrogen-bond acceptors (Lipinski definition) is 2. The standard InChI is InChI=1S/C14H15Cl2FN2S/c1-8(2)13-14(19(7-18-13)9(3)17)20-12-5-10(15)4-11(16)6-12/h4-9H,1-3H3. The second-order valence-corrected chi connectivity index (χ2v) is 6.71. The first kappa shape index (κ1) is 15.7. The maximum Gasteiger partial charge on any atom is 0.174 e. The lowest BCUT2D eigenvalue weighted by atomic mass is 10.1. The summed E-state index contributed by atoms with van der Waals surface area (Å²) in [6.45, 7) is 5.55. The highest BCUT2D eigenvalue weighted by atomic mass is 35.5. The van der Waals surface area contributed by atoms with E-state index < -0.39 is 6.30 Å². The first-order valence-electron chi connectivity index (χ1n) is 6.23. The molecule has 1 heterocycles. The summed E-state index contributed by atoms with van der Waals surface area (Å²) in [5, 5.41) is 1.91. The van der Waals surface area contributed by atoms with Crippen LogP contribution in [-0.4, -0.2) is 9.55 Å². The molecule has 1 aromatic carbocycles. The molecule has 0 radical (unpaired) electrons. The van der Waals surface area contributed by atoms with Gasteiger partial charge in [0, 0.05) is 14.9 Å². The molecule has 2 rings (SSSR count). The van der Waals surface area contributed by atoms with Crippen LogP contribution in [0.3, 0.4) is 0 Å². The second-order valence-electron chi connectivity index (χ2n) is 4.78. The van der Waals surface area contributed by atoms with Crippen LogP contribution in [-0.2, 0) is 0 Å². The molecule has 0 aliphatic heterocycles. The average Bonchev–Trinajstić information content (AvgIpc) is 2.71. The van der Waals surface area contributed by atoms with Crippen LogP contribution in [0.5, 0.6) is 0 Å². The first-order chi connectivity index (χ1) is 9.38. The Morgan fingerprint density at radius 1 is 1.15 bits per heavy atom. The van der Waals surface area contributed by atoms with Crippen molar-refractivity contribution in [2.45, 2.75) is 42.9 Å². The summed E-state index contributed by atoms with van der Waals surface area (Å²) in [6, 6.07) is 5.29. The van der Waals surface area contributed by atoms with E-state index in [9.17, 15) is 4.39 Å². The second kappa shape index (κ2) is 6.37. The fourth-order valence-electron chi connectivity index (χ4n) is 1.82. The van der Waals surface area contributed by atoms with Gasteiger partial charge in [-0.05, 0) is 31.0 Å². The van der Waals surface area contributed by atoms with Crippen LogP contribution in [0.15, 0.2) is 34.4 Å². The minimum absolute atomic E-state index is 0.215. The molecule has 0 aliphatic carbocycles. The van der Waals surface area contributed by atoms with E-state index in [4.69, 9.17) is 23.2 Å². The number of alkyl halides is 1. The Labute approximate surface area is 132 Å². The Kier molecular flexibility index (Phi) is 4.99. The van der Waals surface area contributed by atoms with Gasteiger partial charge in [0.1, 0.15) is 5.03 Å². The highest BCUT2D eigenvalue weighted by Crippen LogP contribution is 2.37. The molecule has 6 heteroatoms. The predicted octanol–water partition coefficient (Wildman–Crippen LogP) is 5.95. The van der Waals surface area contributed by atoms with E-state index in [2.05, 4.69) is 4.98 Å². The third-order valence-corrected chi connectivity index (χ3v) is 4.28. The largest absolute Gasteiger partial charge is 0.294 e. The molecule has 1 aromatic heterocycles. The molecule has 0 saturated carbocycles.